The van der Waals surface area contributed by atoms with Gasteiger partial charge in [-0.15, -0.1) is 0 Å². The molecule has 21 heavy (non-hydrogen) atoms. The molecule has 0 rings (SSSR count). The summed E-state index contributed by atoms with van der Waals surface area (Å²) in [4.78, 5) is 11.5. The lowest BCUT2D eigenvalue weighted by Gasteiger charge is -2.22. The summed E-state index contributed by atoms with van der Waals surface area (Å²) in [5, 5.41) is 12.5. The predicted octanol–water partition coefficient (Wildman–Crippen LogP) is 3.45. The van der Waals surface area contributed by atoms with E-state index in [2.05, 4.69) is 12.2 Å². The second-order valence-corrected chi connectivity index (χ2v) is 5.38. The molecule has 0 aliphatic rings. The number of rotatable bonds is 13. The van der Waals surface area contributed by atoms with Crippen molar-refractivity contribution in [2.24, 2.45) is 5.92 Å². The molecule has 0 radical (unpaired) electrons. The van der Waals surface area contributed by atoms with E-state index in [9.17, 15) is 9.90 Å². The van der Waals surface area contributed by atoms with Gasteiger partial charge in [0.2, 0.25) is 0 Å². The van der Waals surface area contributed by atoms with E-state index in [4.69, 9.17) is 9.47 Å². The first-order chi connectivity index (χ1) is 10.2. The molecule has 2 atom stereocenters. The van der Waals surface area contributed by atoms with Gasteiger partial charge >= 0.3 is 6.09 Å². The van der Waals surface area contributed by atoms with Gasteiger partial charge in [0.25, 0.3) is 0 Å². The Morgan fingerprint density at radius 3 is 2.38 bits per heavy atom. The molecule has 0 fully saturated rings. The summed E-state index contributed by atoms with van der Waals surface area (Å²) >= 11 is 0. The number of unbranched alkanes of at least 4 members (excludes halogenated alkanes) is 4. The van der Waals surface area contributed by atoms with Crippen molar-refractivity contribution in [2.45, 2.75) is 71.9 Å². The van der Waals surface area contributed by atoms with Crippen LogP contribution < -0.4 is 5.32 Å². The van der Waals surface area contributed by atoms with E-state index in [-0.39, 0.29) is 5.92 Å². The molecular formula is C16H33NO4. The molecule has 0 aromatic heterocycles. The maximum Gasteiger partial charge on any atom is 0.409 e. The summed E-state index contributed by atoms with van der Waals surface area (Å²) in [7, 11) is 0. The Hall–Kier alpha value is -0.810. The largest absolute Gasteiger partial charge is 0.450 e. The van der Waals surface area contributed by atoms with Crippen molar-refractivity contribution in [2.75, 3.05) is 19.8 Å². The monoisotopic (exact) mass is 303 g/mol. The fourth-order valence-corrected chi connectivity index (χ4v) is 1.89. The first-order valence-electron chi connectivity index (χ1n) is 8.34. The zero-order valence-electron chi connectivity index (χ0n) is 13.9. The number of hydrogen-bond acceptors (Lipinski definition) is 4. The Labute approximate surface area is 129 Å². The summed E-state index contributed by atoms with van der Waals surface area (Å²) in [5.41, 5.74) is 0. The molecule has 0 aliphatic carbocycles. The Bertz CT molecular complexity index is 248. The fourth-order valence-electron chi connectivity index (χ4n) is 1.89. The van der Waals surface area contributed by atoms with Gasteiger partial charge < -0.3 is 14.6 Å². The predicted molar refractivity (Wildman–Crippen MR) is 84.1 cm³/mol. The second-order valence-electron chi connectivity index (χ2n) is 5.38. The Kier molecular flexibility index (Phi) is 13.6. The molecule has 0 heterocycles. The summed E-state index contributed by atoms with van der Waals surface area (Å²) in [6.45, 7) is 7.73. The van der Waals surface area contributed by atoms with Crippen molar-refractivity contribution in [1.82, 2.24) is 5.32 Å². The van der Waals surface area contributed by atoms with Crippen molar-refractivity contribution >= 4 is 6.09 Å². The first kappa shape index (κ1) is 20.2. The normalized spacial score (nSPS) is 13.7. The van der Waals surface area contributed by atoms with E-state index in [0.29, 0.717) is 19.8 Å². The van der Waals surface area contributed by atoms with Gasteiger partial charge in [0.15, 0.2) is 0 Å². The average molecular weight is 303 g/mol. The van der Waals surface area contributed by atoms with Crippen molar-refractivity contribution < 1.29 is 19.4 Å². The van der Waals surface area contributed by atoms with Gasteiger partial charge in [-0.3, -0.25) is 5.32 Å². The van der Waals surface area contributed by atoms with Crippen LogP contribution in [0.1, 0.15) is 65.7 Å². The van der Waals surface area contributed by atoms with Crippen molar-refractivity contribution in [3.63, 3.8) is 0 Å². The molecular weight excluding hydrogens is 270 g/mol. The average Bonchev–Trinajstić information content (AvgIpc) is 2.46. The summed E-state index contributed by atoms with van der Waals surface area (Å²) < 4.78 is 10.5. The highest BCUT2D eigenvalue weighted by Crippen LogP contribution is 2.09. The van der Waals surface area contributed by atoms with Gasteiger partial charge in [-0.05, 0) is 19.3 Å². The number of carbonyl (C=O) groups is 1. The second kappa shape index (κ2) is 14.1. The van der Waals surface area contributed by atoms with Gasteiger partial charge in [0.05, 0.1) is 13.2 Å². The van der Waals surface area contributed by atoms with Crippen LogP contribution in [0.3, 0.4) is 0 Å². The van der Waals surface area contributed by atoms with Crippen LogP contribution in [0, 0.1) is 5.92 Å². The van der Waals surface area contributed by atoms with E-state index in [1.165, 1.54) is 19.3 Å². The highest BCUT2D eigenvalue weighted by atomic mass is 16.6. The van der Waals surface area contributed by atoms with Crippen LogP contribution in [0.15, 0.2) is 0 Å². The Balaban J connectivity index is 3.79. The molecule has 2 unspecified atom stereocenters. The molecule has 1 amide bonds. The molecule has 0 spiro atoms. The van der Waals surface area contributed by atoms with Gasteiger partial charge in [-0.25, -0.2) is 4.79 Å². The lowest BCUT2D eigenvalue weighted by atomic mass is 10.1. The van der Waals surface area contributed by atoms with Crippen LogP contribution in [0.2, 0.25) is 0 Å². The van der Waals surface area contributed by atoms with E-state index >= 15 is 0 Å². The summed E-state index contributed by atoms with van der Waals surface area (Å²) in [5.74, 6) is -0.102. The smallest absolute Gasteiger partial charge is 0.409 e. The zero-order valence-corrected chi connectivity index (χ0v) is 13.9. The van der Waals surface area contributed by atoms with Gasteiger partial charge in [-0.1, -0.05) is 46.5 Å². The number of amides is 1. The molecule has 2 N–H and O–H groups in total. The van der Waals surface area contributed by atoms with Crippen LogP contribution in [0.5, 0.6) is 0 Å². The fraction of sp³-hybridized carbons (Fsp3) is 0.938. The standard InChI is InChI=1S/C16H33NO4/c1-4-7-9-10-11-20-13-14(6-3)15(18)17-16(19)21-12-8-5-2/h14-15,18H,4-13H2,1-3H3,(H,17,19). The molecule has 0 aliphatic heterocycles. The van der Waals surface area contributed by atoms with Gasteiger partial charge in [0.1, 0.15) is 6.23 Å². The Morgan fingerprint density at radius 2 is 1.76 bits per heavy atom. The highest BCUT2D eigenvalue weighted by molar-refractivity contribution is 5.67. The van der Waals surface area contributed by atoms with E-state index in [1.54, 1.807) is 0 Å². The van der Waals surface area contributed by atoms with Crippen LogP contribution in [0.4, 0.5) is 4.79 Å². The molecule has 0 aromatic rings. The number of aliphatic hydroxyl groups is 1. The minimum atomic E-state index is -0.917. The minimum absolute atomic E-state index is 0.102. The zero-order chi connectivity index (χ0) is 15.9. The van der Waals surface area contributed by atoms with E-state index in [0.717, 1.165) is 25.7 Å². The number of carbonyl (C=O) groups excluding carboxylic acids is 1. The number of ether oxygens (including phenoxy) is 2. The van der Waals surface area contributed by atoms with Crippen LogP contribution in [0.25, 0.3) is 0 Å². The SMILES string of the molecule is CCCCCCOCC(CC)C(O)NC(=O)OCCCC. The van der Waals surface area contributed by atoms with Gasteiger partial charge in [-0.2, -0.15) is 0 Å². The molecule has 126 valence electrons. The van der Waals surface area contributed by atoms with E-state index < -0.39 is 12.3 Å². The summed E-state index contributed by atoms with van der Waals surface area (Å²) in [6, 6.07) is 0. The quantitative estimate of drug-likeness (QED) is 0.404. The summed E-state index contributed by atoms with van der Waals surface area (Å²) in [6.07, 6.45) is 5.74. The lowest BCUT2D eigenvalue weighted by Crippen LogP contribution is -2.42. The highest BCUT2D eigenvalue weighted by Gasteiger charge is 2.20. The number of alkyl carbamates (subject to hydrolysis) is 1. The molecule has 0 saturated carbocycles. The minimum Gasteiger partial charge on any atom is -0.450 e. The number of aliphatic hydroxyl groups excluding tert-OH is 1. The third-order valence-electron chi connectivity index (χ3n) is 3.44. The molecule has 0 saturated heterocycles. The van der Waals surface area contributed by atoms with Crippen molar-refractivity contribution in [1.29, 1.82) is 0 Å². The van der Waals surface area contributed by atoms with Crippen molar-refractivity contribution in [3.05, 3.63) is 0 Å². The molecule has 5 nitrogen and oxygen atoms in total. The number of nitrogens with one attached hydrogen (secondary N) is 1. The van der Waals surface area contributed by atoms with Crippen LogP contribution in [-0.4, -0.2) is 37.2 Å². The first-order valence-corrected chi connectivity index (χ1v) is 8.34. The molecule has 5 heteroatoms. The van der Waals surface area contributed by atoms with Crippen molar-refractivity contribution in [3.8, 4) is 0 Å². The molecule has 0 bridgehead atoms. The van der Waals surface area contributed by atoms with E-state index in [1.807, 2.05) is 13.8 Å². The maximum absolute atomic E-state index is 11.5. The molecule has 0 aromatic carbocycles. The Morgan fingerprint density at radius 1 is 1.05 bits per heavy atom. The third kappa shape index (κ3) is 11.5. The van der Waals surface area contributed by atoms with Crippen LogP contribution >= 0.6 is 0 Å². The van der Waals surface area contributed by atoms with Gasteiger partial charge in [0, 0.05) is 12.5 Å². The lowest BCUT2D eigenvalue weighted by molar-refractivity contribution is 0.00728. The third-order valence-corrected chi connectivity index (χ3v) is 3.44. The topological polar surface area (TPSA) is 67.8 Å². The van der Waals surface area contributed by atoms with Crippen LogP contribution in [-0.2, 0) is 9.47 Å². The maximum atomic E-state index is 11.5. The number of hydrogen-bond donors (Lipinski definition) is 2.